The van der Waals surface area contributed by atoms with Crippen molar-refractivity contribution in [2.24, 2.45) is 17.8 Å². The predicted molar refractivity (Wildman–Crippen MR) is 67.1 cm³/mol. The van der Waals surface area contributed by atoms with Crippen molar-refractivity contribution in [3.05, 3.63) is 0 Å². The summed E-state index contributed by atoms with van der Waals surface area (Å²) in [5.41, 5.74) is 0. The number of halogens is 1. The normalized spacial score (nSPS) is 11.0. The fourth-order valence-electron chi connectivity index (χ4n) is 1.75. The summed E-state index contributed by atoms with van der Waals surface area (Å²) in [5, 5.41) is 3.21. The Morgan fingerprint density at radius 3 is 1.67 bits per heavy atom. The van der Waals surface area contributed by atoms with E-state index in [1.54, 1.807) is 0 Å². The Kier molecular flexibility index (Phi) is 10.5. The van der Waals surface area contributed by atoms with Gasteiger partial charge in [0.1, 0.15) is 0 Å². The van der Waals surface area contributed by atoms with Crippen LogP contribution in [-0.2, 0) is 0 Å². The highest BCUT2D eigenvalue weighted by Crippen LogP contribution is 2.23. The largest absolute Gasteiger partial charge is 0.320 e. The maximum absolute atomic E-state index is 3.21. The molecular weight excluding hydrogens is 261 g/mol. The van der Waals surface area contributed by atoms with Crippen LogP contribution in [-0.4, -0.2) is 13.6 Å². The summed E-state index contributed by atoms with van der Waals surface area (Å²) in [6.07, 6.45) is 1.31. The molecule has 0 fully saturated rings. The molecular formula is C10H24IN. The van der Waals surface area contributed by atoms with Gasteiger partial charge in [0.25, 0.3) is 0 Å². The fourth-order valence-corrected chi connectivity index (χ4v) is 1.75. The molecule has 0 heterocycles. The Labute approximate surface area is 94.7 Å². The van der Waals surface area contributed by atoms with Gasteiger partial charge in [-0.15, -0.1) is 24.0 Å². The van der Waals surface area contributed by atoms with Crippen LogP contribution < -0.4 is 5.32 Å². The summed E-state index contributed by atoms with van der Waals surface area (Å²) in [4.78, 5) is 0. The van der Waals surface area contributed by atoms with Crippen LogP contribution in [0.2, 0.25) is 0 Å². The molecule has 0 radical (unpaired) electrons. The molecule has 0 aromatic rings. The van der Waals surface area contributed by atoms with E-state index in [4.69, 9.17) is 0 Å². The first-order valence-electron chi connectivity index (χ1n) is 4.74. The van der Waals surface area contributed by atoms with Gasteiger partial charge in [0.05, 0.1) is 0 Å². The summed E-state index contributed by atoms with van der Waals surface area (Å²) >= 11 is 0. The molecule has 0 unspecified atom stereocenters. The molecule has 0 aliphatic rings. The average molecular weight is 285 g/mol. The number of hydrogen-bond acceptors (Lipinski definition) is 1. The van der Waals surface area contributed by atoms with Gasteiger partial charge < -0.3 is 5.32 Å². The van der Waals surface area contributed by atoms with Gasteiger partial charge in [-0.25, -0.2) is 0 Å². The van der Waals surface area contributed by atoms with Gasteiger partial charge in [0.2, 0.25) is 0 Å². The lowest BCUT2D eigenvalue weighted by molar-refractivity contribution is 0.268. The van der Waals surface area contributed by atoms with Gasteiger partial charge >= 0.3 is 0 Å². The predicted octanol–water partition coefficient (Wildman–Crippen LogP) is 3.14. The van der Waals surface area contributed by atoms with E-state index in [1.807, 2.05) is 7.05 Å². The highest BCUT2D eigenvalue weighted by atomic mass is 127. The maximum Gasteiger partial charge on any atom is -0.00491 e. The van der Waals surface area contributed by atoms with E-state index >= 15 is 0 Å². The average Bonchev–Trinajstić information content (AvgIpc) is 1.87. The SMILES string of the molecule is CNCCC(C(C)C)C(C)C.I. The zero-order valence-electron chi connectivity index (χ0n) is 9.05. The molecule has 0 saturated carbocycles. The van der Waals surface area contributed by atoms with E-state index in [1.165, 1.54) is 6.42 Å². The molecule has 12 heavy (non-hydrogen) atoms. The molecule has 1 nitrogen and oxygen atoms in total. The van der Waals surface area contributed by atoms with Gasteiger partial charge in [-0.05, 0) is 37.8 Å². The molecule has 0 aromatic carbocycles. The molecule has 0 aromatic heterocycles. The quantitative estimate of drug-likeness (QED) is 0.765. The fraction of sp³-hybridized carbons (Fsp3) is 1.00. The maximum atomic E-state index is 3.21. The van der Waals surface area contributed by atoms with Crippen LogP contribution in [0.25, 0.3) is 0 Å². The van der Waals surface area contributed by atoms with Gasteiger partial charge in [-0.1, -0.05) is 27.7 Å². The molecule has 0 amide bonds. The second-order valence-electron chi connectivity index (χ2n) is 4.04. The Morgan fingerprint density at radius 2 is 1.42 bits per heavy atom. The zero-order chi connectivity index (χ0) is 8.85. The number of hydrogen-bond donors (Lipinski definition) is 1. The van der Waals surface area contributed by atoms with Gasteiger partial charge in [0, 0.05) is 0 Å². The molecule has 0 bridgehead atoms. The van der Waals surface area contributed by atoms with Crippen molar-refractivity contribution in [1.29, 1.82) is 0 Å². The van der Waals surface area contributed by atoms with Crippen LogP contribution in [0.1, 0.15) is 34.1 Å². The van der Waals surface area contributed by atoms with E-state index < -0.39 is 0 Å². The first-order valence-corrected chi connectivity index (χ1v) is 4.74. The van der Waals surface area contributed by atoms with E-state index in [9.17, 15) is 0 Å². The summed E-state index contributed by atoms with van der Waals surface area (Å²) < 4.78 is 0. The van der Waals surface area contributed by atoms with E-state index in [0.717, 1.165) is 24.3 Å². The lowest BCUT2D eigenvalue weighted by atomic mass is 9.83. The van der Waals surface area contributed by atoms with Crippen LogP contribution in [0, 0.1) is 17.8 Å². The van der Waals surface area contributed by atoms with Gasteiger partial charge in [0.15, 0.2) is 0 Å². The second kappa shape index (κ2) is 8.30. The molecule has 76 valence electrons. The van der Waals surface area contributed by atoms with Crippen molar-refractivity contribution in [3.8, 4) is 0 Å². The van der Waals surface area contributed by atoms with Gasteiger partial charge in [-0.3, -0.25) is 0 Å². The molecule has 0 aliphatic carbocycles. The van der Waals surface area contributed by atoms with Crippen molar-refractivity contribution in [2.75, 3.05) is 13.6 Å². The van der Waals surface area contributed by atoms with Gasteiger partial charge in [-0.2, -0.15) is 0 Å². The topological polar surface area (TPSA) is 12.0 Å². The molecule has 0 rings (SSSR count). The lowest BCUT2D eigenvalue weighted by Gasteiger charge is -2.24. The summed E-state index contributed by atoms with van der Waals surface area (Å²) in [6.45, 7) is 10.4. The smallest absolute Gasteiger partial charge is 0.00491 e. The highest BCUT2D eigenvalue weighted by molar-refractivity contribution is 14.0. The molecule has 0 atom stereocenters. The standard InChI is InChI=1S/C10H23N.HI/c1-8(2)10(9(3)4)6-7-11-5;/h8-11H,6-7H2,1-5H3;1H. The lowest BCUT2D eigenvalue weighted by Crippen LogP contribution is -2.21. The van der Waals surface area contributed by atoms with Crippen LogP contribution in [0.4, 0.5) is 0 Å². The molecule has 2 heteroatoms. The third-order valence-electron chi connectivity index (χ3n) is 2.44. The highest BCUT2D eigenvalue weighted by Gasteiger charge is 2.15. The Balaban J connectivity index is 0. The Morgan fingerprint density at radius 1 is 1.00 bits per heavy atom. The molecule has 0 saturated heterocycles. The Hall–Kier alpha value is 0.690. The first kappa shape index (κ1) is 15.2. The Bertz CT molecular complexity index is 83.8. The zero-order valence-corrected chi connectivity index (χ0v) is 11.4. The molecule has 1 N–H and O–H groups in total. The second-order valence-corrected chi connectivity index (χ2v) is 4.04. The van der Waals surface area contributed by atoms with Crippen LogP contribution >= 0.6 is 24.0 Å². The third-order valence-corrected chi connectivity index (χ3v) is 2.44. The first-order chi connectivity index (χ1) is 5.09. The van der Waals surface area contributed by atoms with Crippen molar-refractivity contribution in [1.82, 2.24) is 5.32 Å². The number of nitrogens with one attached hydrogen (secondary N) is 1. The summed E-state index contributed by atoms with van der Waals surface area (Å²) in [5.74, 6) is 2.52. The summed E-state index contributed by atoms with van der Waals surface area (Å²) in [6, 6.07) is 0. The third kappa shape index (κ3) is 6.23. The minimum atomic E-state index is 0. The van der Waals surface area contributed by atoms with E-state index in [2.05, 4.69) is 33.0 Å². The minimum absolute atomic E-state index is 0. The monoisotopic (exact) mass is 285 g/mol. The van der Waals surface area contributed by atoms with Crippen molar-refractivity contribution < 1.29 is 0 Å². The van der Waals surface area contributed by atoms with Crippen LogP contribution in [0.5, 0.6) is 0 Å². The van der Waals surface area contributed by atoms with E-state index in [0.29, 0.717) is 0 Å². The van der Waals surface area contributed by atoms with Crippen molar-refractivity contribution in [2.45, 2.75) is 34.1 Å². The van der Waals surface area contributed by atoms with Crippen molar-refractivity contribution >= 4 is 24.0 Å². The van der Waals surface area contributed by atoms with Crippen LogP contribution in [0.3, 0.4) is 0 Å². The summed E-state index contributed by atoms with van der Waals surface area (Å²) in [7, 11) is 2.03. The van der Waals surface area contributed by atoms with Crippen LogP contribution in [0.15, 0.2) is 0 Å². The van der Waals surface area contributed by atoms with E-state index in [-0.39, 0.29) is 24.0 Å². The molecule has 0 spiro atoms. The van der Waals surface area contributed by atoms with Crippen molar-refractivity contribution in [3.63, 3.8) is 0 Å². The minimum Gasteiger partial charge on any atom is -0.320 e. The number of rotatable bonds is 5. The molecule has 0 aliphatic heterocycles.